The lowest BCUT2D eigenvalue weighted by Crippen LogP contribution is -2.55. The SMILES string of the molecule is COc1cccc2c1cc(N(O)O)c1c(C(=O)OCC3(O)CC45CCC6C(C)(C)CCCC6(C)C4CCC3C5)cc3c(c12)OCO3. The number of ether oxygens (including phenoxy) is 4. The number of carbonyl (C=O) groups is 1. The van der Waals surface area contributed by atoms with Gasteiger partial charge in [0.15, 0.2) is 11.5 Å². The standard InChI is InChI=1S/C37H45NO8/c1-34(2)12-6-13-35(3)28(34)11-14-36-17-21(9-10-29(35)36)37(40,18-36)19-44-33(39)24-16-27-32(46-20-45-27)31-22-7-5-8-26(43-4)23(22)15-25(30(24)31)38(41)42/h5,7-8,15-16,21,28-29,40-42H,6,9-14,17-20H2,1-4H3. The maximum atomic E-state index is 14.0. The van der Waals surface area contributed by atoms with E-state index in [9.17, 15) is 20.3 Å². The van der Waals surface area contributed by atoms with Crippen LogP contribution in [0.3, 0.4) is 0 Å². The highest BCUT2D eigenvalue weighted by Gasteiger charge is 2.67. The zero-order valence-electron chi connectivity index (χ0n) is 27.2. The number of hydrogen-bond donors (Lipinski definition) is 3. The van der Waals surface area contributed by atoms with E-state index in [1.54, 1.807) is 19.2 Å². The molecule has 6 atom stereocenters. The molecule has 5 aliphatic rings. The van der Waals surface area contributed by atoms with Gasteiger partial charge in [0.1, 0.15) is 23.6 Å². The average Bonchev–Trinajstić information content (AvgIpc) is 3.57. The first-order valence-electron chi connectivity index (χ1n) is 16.8. The highest BCUT2D eigenvalue weighted by molar-refractivity contribution is 6.23. The van der Waals surface area contributed by atoms with Crippen LogP contribution in [0.5, 0.6) is 17.2 Å². The molecule has 6 unspecified atom stereocenters. The van der Waals surface area contributed by atoms with Gasteiger partial charge in [-0.05, 0) is 109 Å². The molecule has 246 valence electrons. The van der Waals surface area contributed by atoms with E-state index in [2.05, 4.69) is 20.8 Å². The molecule has 0 amide bonds. The van der Waals surface area contributed by atoms with Crippen LogP contribution in [0.2, 0.25) is 0 Å². The fourth-order valence-electron chi connectivity index (χ4n) is 11.6. The zero-order valence-corrected chi connectivity index (χ0v) is 27.2. The number of hydrogen-bond acceptors (Lipinski definition) is 9. The minimum Gasteiger partial charge on any atom is -0.496 e. The second kappa shape index (κ2) is 10.1. The summed E-state index contributed by atoms with van der Waals surface area (Å²) in [7, 11) is 1.54. The summed E-state index contributed by atoms with van der Waals surface area (Å²) < 4.78 is 23.2. The van der Waals surface area contributed by atoms with Crippen molar-refractivity contribution in [2.75, 3.05) is 25.7 Å². The van der Waals surface area contributed by atoms with Gasteiger partial charge in [-0.25, -0.2) is 4.79 Å². The molecule has 0 saturated heterocycles. The van der Waals surface area contributed by atoms with Crippen LogP contribution >= 0.6 is 0 Å². The van der Waals surface area contributed by atoms with E-state index in [1.807, 2.05) is 12.1 Å². The Balaban J connectivity index is 1.14. The normalized spacial score (nSPS) is 33.8. The molecule has 46 heavy (non-hydrogen) atoms. The first kappa shape index (κ1) is 30.1. The molecular weight excluding hydrogens is 586 g/mol. The maximum absolute atomic E-state index is 14.0. The van der Waals surface area contributed by atoms with Crippen molar-refractivity contribution in [2.24, 2.45) is 34.0 Å². The molecule has 2 bridgehead atoms. The molecule has 3 aromatic rings. The van der Waals surface area contributed by atoms with E-state index in [-0.39, 0.29) is 52.0 Å². The van der Waals surface area contributed by atoms with Crippen LogP contribution in [0.1, 0.15) is 88.9 Å². The zero-order chi connectivity index (χ0) is 32.2. The summed E-state index contributed by atoms with van der Waals surface area (Å²) in [5, 5.41) is 35.1. The van der Waals surface area contributed by atoms with Crippen molar-refractivity contribution in [2.45, 2.75) is 84.2 Å². The summed E-state index contributed by atoms with van der Waals surface area (Å²) in [5.41, 5.74) is -0.335. The van der Waals surface area contributed by atoms with E-state index < -0.39 is 11.6 Å². The number of methoxy groups -OCH3 is 1. The molecule has 4 saturated carbocycles. The largest absolute Gasteiger partial charge is 0.496 e. The highest BCUT2D eigenvalue weighted by atomic mass is 16.8. The van der Waals surface area contributed by atoms with Gasteiger partial charge in [0, 0.05) is 16.2 Å². The van der Waals surface area contributed by atoms with Crippen molar-refractivity contribution < 1.29 is 39.3 Å². The van der Waals surface area contributed by atoms with Crippen molar-refractivity contribution in [1.82, 2.24) is 0 Å². The molecule has 4 aliphatic carbocycles. The second-order valence-corrected chi connectivity index (χ2v) is 15.8. The molecule has 9 heteroatoms. The van der Waals surface area contributed by atoms with Gasteiger partial charge in [0.25, 0.3) is 0 Å². The van der Waals surface area contributed by atoms with Gasteiger partial charge in [-0.3, -0.25) is 10.4 Å². The molecule has 8 rings (SSSR count). The minimum absolute atomic E-state index is 0.00357. The first-order valence-corrected chi connectivity index (χ1v) is 16.8. The molecule has 0 radical (unpaired) electrons. The van der Waals surface area contributed by atoms with Crippen LogP contribution in [0, 0.1) is 34.0 Å². The topological polar surface area (TPSA) is 118 Å². The van der Waals surface area contributed by atoms with E-state index in [4.69, 9.17) is 18.9 Å². The number of carbonyl (C=O) groups excluding carboxylic acids is 1. The summed E-state index contributed by atoms with van der Waals surface area (Å²) in [5.74, 6) is 1.98. The Kier molecular flexibility index (Phi) is 6.62. The fraction of sp³-hybridized carbons (Fsp3) is 0.595. The van der Waals surface area contributed by atoms with Crippen LogP contribution in [0.15, 0.2) is 30.3 Å². The highest BCUT2D eigenvalue weighted by Crippen LogP contribution is 2.73. The molecule has 3 N–H and O–H groups in total. The molecule has 9 nitrogen and oxygen atoms in total. The molecular formula is C37H45NO8. The van der Waals surface area contributed by atoms with Crippen molar-refractivity contribution >= 4 is 33.2 Å². The molecule has 1 spiro atoms. The number of rotatable bonds is 5. The van der Waals surface area contributed by atoms with Gasteiger partial charge >= 0.3 is 5.97 Å². The number of anilines is 1. The lowest BCUT2D eigenvalue weighted by molar-refractivity contribution is -0.145. The smallest absolute Gasteiger partial charge is 0.339 e. The van der Waals surface area contributed by atoms with Crippen molar-refractivity contribution in [3.63, 3.8) is 0 Å². The minimum atomic E-state index is -1.10. The number of nitrogens with zero attached hydrogens (tertiary/aromatic N) is 1. The quantitative estimate of drug-likeness (QED) is 0.148. The third-order valence-electron chi connectivity index (χ3n) is 13.3. The lowest BCUT2D eigenvalue weighted by Gasteiger charge is -2.64. The monoisotopic (exact) mass is 631 g/mol. The summed E-state index contributed by atoms with van der Waals surface area (Å²) in [4.78, 5) is 14.0. The summed E-state index contributed by atoms with van der Waals surface area (Å²) in [6.07, 6.45) is 9.86. The number of fused-ring (bicyclic) bond motifs is 8. The number of benzene rings is 3. The van der Waals surface area contributed by atoms with Crippen molar-refractivity contribution in [3.8, 4) is 17.2 Å². The van der Waals surface area contributed by atoms with Crippen LogP contribution < -0.4 is 19.4 Å². The first-order chi connectivity index (χ1) is 21.9. The molecule has 4 fully saturated rings. The van der Waals surface area contributed by atoms with Gasteiger partial charge < -0.3 is 24.1 Å². The summed E-state index contributed by atoms with van der Waals surface area (Å²) in [6.45, 7) is 7.31. The molecule has 3 aromatic carbocycles. The predicted octanol–water partition coefficient (Wildman–Crippen LogP) is 7.64. The number of esters is 1. The van der Waals surface area contributed by atoms with Gasteiger partial charge in [-0.1, -0.05) is 39.3 Å². The Hall–Kier alpha value is -3.27. The van der Waals surface area contributed by atoms with Crippen LogP contribution in [0.4, 0.5) is 5.69 Å². The molecule has 1 heterocycles. The van der Waals surface area contributed by atoms with E-state index in [1.165, 1.54) is 31.7 Å². The van der Waals surface area contributed by atoms with Gasteiger partial charge in [-0.2, -0.15) is 0 Å². The van der Waals surface area contributed by atoms with Crippen LogP contribution in [-0.4, -0.2) is 47.6 Å². The van der Waals surface area contributed by atoms with Crippen LogP contribution in [0.25, 0.3) is 21.5 Å². The van der Waals surface area contributed by atoms with Gasteiger partial charge in [-0.15, -0.1) is 5.23 Å². The summed E-state index contributed by atoms with van der Waals surface area (Å²) in [6, 6.07) is 8.56. The Morgan fingerprint density at radius 1 is 1.00 bits per heavy atom. The predicted molar refractivity (Wildman–Crippen MR) is 172 cm³/mol. The third kappa shape index (κ3) is 4.13. The van der Waals surface area contributed by atoms with E-state index in [0.29, 0.717) is 57.1 Å². The maximum Gasteiger partial charge on any atom is 0.339 e. The van der Waals surface area contributed by atoms with Gasteiger partial charge in [0.05, 0.1) is 12.7 Å². The summed E-state index contributed by atoms with van der Waals surface area (Å²) >= 11 is 0. The van der Waals surface area contributed by atoms with Crippen molar-refractivity contribution in [1.29, 1.82) is 0 Å². The lowest BCUT2D eigenvalue weighted by atomic mass is 9.41. The van der Waals surface area contributed by atoms with E-state index >= 15 is 0 Å². The Morgan fingerprint density at radius 2 is 1.83 bits per heavy atom. The van der Waals surface area contributed by atoms with Crippen LogP contribution in [-0.2, 0) is 4.74 Å². The Morgan fingerprint density at radius 3 is 2.61 bits per heavy atom. The van der Waals surface area contributed by atoms with Crippen molar-refractivity contribution in [3.05, 3.63) is 35.9 Å². The van der Waals surface area contributed by atoms with Gasteiger partial charge in [0.2, 0.25) is 6.79 Å². The van der Waals surface area contributed by atoms with E-state index in [0.717, 1.165) is 25.7 Å². The molecule has 1 aliphatic heterocycles. The second-order valence-electron chi connectivity index (χ2n) is 15.8. The Labute approximate surface area is 269 Å². The average molecular weight is 632 g/mol. The number of aliphatic hydroxyl groups is 1. The fourth-order valence-corrected chi connectivity index (χ4v) is 11.6. The Bertz CT molecular complexity index is 1750. The molecule has 0 aromatic heterocycles. The third-order valence-corrected chi connectivity index (χ3v) is 13.3.